The quantitative estimate of drug-likeness (QED) is 0.682. The van der Waals surface area contributed by atoms with Gasteiger partial charge in [-0.25, -0.2) is 4.79 Å². The molecule has 25 heavy (non-hydrogen) atoms. The van der Waals surface area contributed by atoms with Gasteiger partial charge in [-0.1, -0.05) is 36.4 Å². The lowest BCUT2D eigenvalue weighted by molar-refractivity contribution is -0.147. The highest BCUT2D eigenvalue weighted by Gasteiger charge is 2.10. The molecule has 0 aromatic heterocycles. The maximum atomic E-state index is 11.9. The molecule has 2 aromatic carbocycles. The average molecular weight is 342 g/mol. The van der Waals surface area contributed by atoms with E-state index in [1.54, 1.807) is 20.3 Å². The summed E-state index contributed by atoms with van der Waals surface area (Å²) in [5.41, 5.74) is 1.79. The molecule has 0 N–H and O–H groups in total. The number of esters is 1. The van der Waals surface area contributed by atoms with E-state index in [1.807, 2.05) is 55.5 Å². The molecule has 0 aliphatic rings. The molecule has 0 aliphatic heterocycles. The molecule has 0 saturated carbocycles. The highest BCUT2D eigenvalue weighted by atomic mass is 16.6. The molecule has 0 atom stereocenters. The Morgan fingerprint density at radius 1 is 1.00 bits per heavy atom. The van der Waals surface area contributed by atoms with Gasteiger partial charge in [-0.05, 0) is 30.7 Å². The second-order valence-electron chi connectivity index (χ2n) is 5.17. The smallest absolute Gasteiger partial charge is 0.344 e. The van der Waals surface area contributed by atoms with Gasteiger partial charge in [0.2, 0.25) is 0 Å². The predicted molar refractivity (Wildman–Crippen MR) is 96.0 cm³/mol. The van der Waals surface area contributed by atoms with E-state index in [0.29, 0.717) is 17.2 Å². The number of hydrogen-bond donors (Lipinski definition) is 0. The van der Waals surface area contributed by atoms with Gasteiger partial charge in [0.05, 0.1) is 14.2 Å². The van der Waals surface area contributed by atoms with Crippen LogP contribution in [0.3, 0.4) is 0 Å². The first-order valence-electron chi connectivity index (χ1n) is 7.89. The Hall–Kier alpha value is -2.95. The Balaban J connectivity index is 1.91. The molecule has 2 rings (SSSR count). The van der Waals surface area contributed by atoms with Gasteiger partial charge in [0, 0.05) is 5.56 Å². The molecule has 0 unspecified atom stereocenters. The summed E-state index contributed by atoms with van der Waals surface area (Å²) in [5, 5.41) is 0. The topological polar surface area (TPSA) is 54.0 Å². The molecule has 0 amide bonds. The van der Waals surface area contributed by atoms with Crippen molar-refractivity contribution in [2.24, 2.45) is 0 Å². The summed E-state index contributed by atoms with van der Waals surface area (Å²) in [6, 6.07) is 12.9. The normalized spacial score (nSPS) is 10.5. The van der Waals surface area contributed by atoms with Crippen molar-refractivity contribution < 1.29 is 23.7 Å². The van der Waals surface area contributed by atoms with Crippen LogP contribution in [0.2, 0.25) is 0 Å². The van der Waals surface area contributed by atoms with Crippen molar-refractivity contribution in [1.82, 2.24) is 0 Å². The Labute approximate surface area is 147 Å². The monoisotopic (exact) mass is 342 g/mol. The van der Waals surface area contributed by atoms with Crippen LogP contribution in [0.4, 0.5) is 0 Å². The number of para-hydroxylation sites is 1. The van der Waals surface area contributed by atoms with Crippen molar-refractivity contribution >= 4 is 12.0 Å². The van der Waals surface area contributed by atoms with Gasteiger partial charge in [-0.3, -0.25) is 0 Å². The van der Waals surface area contributed by atoms with Crippen molar-refractivity contribution in [2.75, 3.05) is 20.8 Å². The first-order chi connectivity index (χ1) is 12.2. The minimum atomic E-state index is -0.467. The van der Waals surface area contributed by atoms with Gasteiger partial charge in [0.15, 0.2) is 18.1 Å². The standard InChI is InChI=1S/C20H22O5/c1-4-7-15-10-11-18(19(12-15)23-3)24-14-20(21)25-13-16-8-5-6-9-17(16)22-2/h4-12H,13-14H2,1-3H3/b7-4+. The van der Waals surface area contributed by atoms with Crippen LogP contribution in [-0.2, 0) is 16.1 Å². The second kappa shape index (κ2) is 9.37. The van der Waals surface area contributed by atoms with E-state index in [1.165, 1.54) is 0 Å². The van der Waals surface area contributed by atoms with Crippen molar-refractivity contribution in [3.63, 3.8) is 0 Å². The Bertz CT molecular complexity index is 737. The van der Waals surface area contributed by atoms with Crippen LogP contribution in [0.25, 0.3) is 6.08 Å². The zero-order valence-corrected chi connectivity index (χ0v) is 14.7. The first kappa shape index (κ1) is 18.4. The first-order valence-corrected chi connectivity index (χ1v) is 7.89. The van der Waals surface area contributed by atoms with Gasteiger partial charge in [-0.2, -0.15) is 0 Å². The second-order valence-corrected chi connectivity index (χ2v) is 5.17. The van der Waals surface area contributed by atoms with E-state index >= 15 is 0 Å². The molecule has 132 valence electrons. The van der Waals surface area contributed by atoms with E-state index in [-0.39, 0.29) is 13.2 Å². The fraction of sp³-hybridized carbons (Fsp3) is 0.250. The van der Waals surface area contributed by atoms with Crippen LogP contribution < -0.4 is 14.2 Å². The summed E-state index contributed by atoms with van der Waals surface area (Å²) in [6.07, 6.45) is 3.89. The summed E-state index contributed by atoms with van der Waals surface area (Å²) in [5.74, 6) is 1.26. The third kappa shape index (κ3) is 5.28. The van der Waals surface area contributed by atoms with Gasteiger partial charge >= 0.3 is 5.97 Å². The number of ether oxygens (including phenoxy) is 4. The van der Waals surface area contributed by atoms with Gasteiger partial charge in [-0.15, -0.1) is 0 Å². The molecule has 5 heteroatoms. The van der Waals surface area contributed by atoms with Crippen molar-refractivity contribution in [3.8, 4) is 17.2 Å². The highest BCUT2D eigenvalue weighted by Crippen LogP contribution is 2.28. The number of hydrogen-bond acceptors (Lipinski definition) is 5. The molecular weight excluding hydrogens is 320 g/mol. The van der Waals surface area contributed by atoms with Crippen molar-refractivity contribution in [3.05, 3.63) is 59.7 Å². The number of carbonyl (C=O) groups excluding carboxylic acids is 1. The molecule has 2 aromatic rings. The minimum Gasteiger partial charge on any atom is -0.496 e. The number of rotatable bonds is 8. The van der Waals surface area contributed by atoms with Gasteiger partial charge in [0.25, 0.3) is 0 Å². The lowest BCUT2D eigenvalue weighted by atomic mass is 10.2. The maximum Gasteiger partial charge on any atom is 0.344 e. The van der Waals surface area contributed by atoms with Crippen molar-refractivity contribution in [1.29, 1.82) is 0 Å². The molecule has 0 heterocycles. The molecule has 5 nitrogen and oxygen atoms in total. The average Bonchev–Trinajstić information content (AvgIpc) is 2.65. The summed E-state index contributed by atoms with van der Waals surface area (Å²) in [7, 11) is 3.13. The SMILES string of the molecule is C/C=C/c1ccc(OCC(=O)OCc2ccccc2OC)c(OC)c1. The third-order valence-corrected chi connectivity index (χ3v) is 3.47. The Morgan fingerprint density at radius 2 is 1.76 bits per heavy atom. The van der Waals surface area contributed by atoms with Crippen LogP contribution in [0.1, 0.15) is 18.1 Å². The Morgan fingerprint density at radius 3 is 2.48 bits per heavy atom. The fourth-order valence-electron chi connectivity index (χ4n) is 2.26. The Kier molecular flexibility index (Phi) is 6.89. The van der Waals surface area contributed by atoms with Gasteiger partial charge < -0.3 is 18.9 Å². The largest absolute Gasteiger partial charge is 0.496 e. The molecular formula is C20H22O5. The lowest BCUT2D eigenvalue weighted by Gasteiger charge is -2.12. The molecule has 0 bridgehead atoms. The number of carbonyl (C=O) groups is 1. The van der Waals surface area contributed by atoms with E-state index in [9.17, 15) is 4.79 Å². The van der Waals surface area contributed by atoms with Gasteiger partial charge in [0.1, 0.15) is 12.4 Å². The minimum absolute atomic E-state index is 0.129. The molecule has 0 fully saturated rings. The van der Waals surface area contributed by atoms with Crippen LogP contribution >= 0.6 is 0 Å². The predicted octanol–water partition coefficient (Wildman–Crippen LogP) is 3.86. The van der Waals surface area contributed by atoms with Crippen LogP contribution in [0, 0.1) is 0 Å². The molecule has 0 aliphatic carbocycles. The number of methoxy groups -OCH3 is 2. The summed E-state index contributed by atoms with van der Waals surface area (Å²) >= 11 is 0. The molecule has 0 saturated heterocycles. The highest BCUT2D eigenvalue weighted by molar-refractivity contribution is 5.71. The van der Waals surface area contributed by atoms with Crippen LogP contribution in [0.5, 0.6) is 17.2 Å². The van der Waals surface area contributed by atoms with E-state index in [4.69, 9.17) is 18.9 Å². The van der Waals surface area contributed by atoms with Crippen LogP contribution in [-0.4, -0.2) is 26.8 Å². The summed E-state index contributed by atoms with van der Waals surface area (Å²) < 4.78 is 21.3. The van der Waals surface area contributed by atoms with Crippen LogP contribution in [0.15, 0.2) is 48.5 Å². The fourth-order valence-corrected chi connectivity index (χ4v) is 2.26. The van der Waals surface area contributed by atoms with E-state index < -0.39 is 5.97 Å². The number of benzene rings is 2. The third-order valence-electron chi connectivity index (χ3n) is 3.47. The molecule has 0 spiro atoms. The van der Waals surface area contributed by atoms with E-state index in [0.717, 1.165) is 11.1 Å². The maximum absolute atomic E-state index is 11.9. The lowest BCUT2D eigenvalue weighted by Crippen LogP contribution is -2.15. The summed E-state index contributed by atoms with van der Waals surface area (Å²) in [6.45, 7) is 1.87. The molecule has 0 radical (unpaired) electrons. The zero-order chi connectivity index (χ0) is 18.1. The van der Waals surface area contributed by atoms with Crippen molar-refractivity contribution in [2.45, 2.75) is 13.5 Å². The number of allylic oxidation sites excluding steroid dienone is 1. The zero-order valence-electron chi connectivity index (χ0n) is 14.7. The van der Waals surface area contributed by atoms with E-state index in [2.05, 4.69) is 0 Å². The summed E-state index contributed by atoms with van der Waals surface area (Å²) in [4.78, 5) is 11.9.